The van der Waals surface area contributed by atoms with Gasteiger partial charge in [-0.15, -0.1) is 11.3 Å². The minimum atomic E-state index is -0.633. The van der Waals surface area contributed by atoms with Crippen LogP contribution in [0.15, 0.2) is 48.7 Å². The molecule has 3 fully saturated rings. The smallest absolute Gasteiger partial charge is 0.407 e. The van der Waals surface area contributed by atoms with E-state index in [0.29, 0.717) is 50.0 Å². The van der Waals surface area contributed by atoms with Crippen molar-refractivity contribution in [3.05, 3.63) is 64.8 Å². The Bertz CT molecular complexity index is 1590. The second-order valence-electron chi connectivity index (χ2n) is 13.7. The van der Waals surface area contributed by atoms with Crippen molar-refractivity contribution in [1.29, 1.82) is 0 Å². The van der Waals surface area contributed by atoms with Gasteiger partial charge in [0.05, 0.1) is 17.0 Å². The lowest BCUT2D eigenvalue weighted by Gasteiger charge is -2.36. The van der Waals surface area contributed by atoms with E-state index < -0.39 is 6.09 Å². The fourth-order valence-corrected chi connectivity index (χ4v) is 8.44. The van der Waals surface area contributed by atoms with Gasteiger partial charge >= 0.3 is 6.09 Å². The monoisotopic (exact) mass is 672 g/mol. The van der Waals surface area contributed by atoms with Crippen molar-refractivity contribution >= 4 is 34.9 Å². The van der Waals surface area contributed by atoms with E-state index in [1.54, 1.807) is 18.4 Å². The first kappa shape index (κ1) is 34.0. The Morgan fingerprint density at radius 3 is 2.38 bits per heavy atom. The maximum Gasteiger partial charge on any atom is 0.407 e. The molecule has 3 saturated carbocycles. The molecule has 2 aromatic carbocycles. The van der Waals surface area contributed by atoms with Crippen LogP contribution in [0.1, 0.15) is 92.2 Å². The average Bonchev–Trinajstić information content (AvgIpc) is 3.85. The standard InChI is InChI=1S/C38H48N4O5S/c1-24-19-29(15-18-33(24)46-3)26-9-7-25(8-10-26)22-42(32-6-4-5-30(20-32)34-21-40-36(48-34)27-11-12-27)37(44)28-13-16-31(17-14-28)41-35(43)23-47-38(45)39-2/h4-6,15,18-21,25-28,31H,7-14,16-17,22-23H2,1-3H3,(H,39,45)(H,41,43). The van der Waals surface area contributed by atoms with E-state index in [-0.39, 0.29) is 30.4 Å². The van der Waals surface area contributed by atoms with Crippen LogP contribution in [0.2, 0.25) is 0 Å². The van der Waals surface area contributed by atoms with Gasteiger partial charge in [0.25, 0.3) is 5.91 Å². The zero-order valence-corrected chi connectivity index (χ0v) is 29.2. The van der Waals surface area contributed by atoms with Crippen molar-refractivity contribution in [2.45, 2.75) is 89.0 Å². The first-order valence-electron chi connectivity index (χ1n) is 17.5. The summed E-state index contributed by atoms with van der Waals surface area (Å²) in [6, 6.07) is 15.0. The molecule has 9 nitrogen and oxygen atoms in total. The molecule has 0 unspecified atom stereocenters. The molecule has 1 aromatic heterocycles. The second-order valence-corrected chi connectivity index (χ2v) is 14.8. The predicted octanol–water partition coefficient (Wildman–Crippen LogP) is 7.34. The van der Waals surface area contributed by atoms with E-state index >= 15 is 0 Å². The number of ether oxygens (including phenoxy) is 2. The summed E-state index contributed by atoms with van der Waals surface area (Å²) in [6.45, 7) is 2.50. The molecule has 0 bridgehead atoms. The number of hydrogen-bond donors (Lipinski definition) is 2. The van der Waals surface area contributed by atoms with E-state index in [0.717, 1.165) is 47.6 Å². The fourth-order valence-electron chi connectivity index (χ4n) is 7.36. The zero-order chi connectivity index (χ0) is 33.6. The van der Waals surface area contributed by atoms with Crippen LogP contribution in [0.3, 0.4) is 0 Å². The van der Waals surface area contributed by atoms with E-state index in [4.69, 9.17) is 14.5 Å². The third-order valence-electron chi connectivity index (χ3n) is 10.3. The Labute approximate surface area is 287 Å². The first-order chi connectivity index (χ1) is 23.3. The Kier molecular flexibility index (Phi) is 11.0. The van der Waals surface area contributed by atoms with Gasteiger partial charge in [-0.3, -0.25) is 9.59 Å². The van der Waals surface area contributed by atoms with Crippen molar-refractivity contribution in [2.24, 2.45) is 11.8 Å². The summed E-state index contributed by atoms with van der Waals surface area (Å²) in [5, 5.41) is 6.53. The van der Waals surface area contributed by atoms with Crippen molar-refractivity contribution in [3.8, 4) is 16.2 Å². The lowest BCUT2D eigenvalue weighted by Crippen LogP contribution is -2.45. The molecular formula is C38H48N4O5S. The molecule has 3 amide bonds. The molecule has 3 aromatic rings. The normalized spacial score (nSPS) is 22.4. The molecule has 6 rings (SSSR count). The summed E-state index contributed by atoms with van der Waals surface area (Å²) in [6.07, 6.45) is 11.0. The van der Waals surface area contributed by atoms with Gasteiger partial charge in [-0.25, -0.2) is 9.78 Å². The van der Waals surface area contributed by atoms with Gasteiger partial charge in [-0.1, -0.05) is 24.3 Å². The van der Waals surface area contributed by atoms with E-state index in [9.17, 15) is 14.4 Å². The lowest BCUT2D eigenvalue weighted by atomic mass is 9.78. The summed E-state index contributed by atoms with van der Waals surface area (Å²) in [4.78, 5) is 46.0. The highest BCUT2D eigenvalue weighted by atomic mass is 32.1. The minimum absolute atomic E-state index is 0.0320. The van der Waals surface area contributed by atoms with Crippen LogP contribution in [0.5, 0.6) is 5.75 Å². The molecule has 3 aliphatic rings. The van der Waals surface area contributed by atoms with Crippen LogP contribution in [0.25, 0.3) is 10.4 Å². The topological polar surface area (TPSA) is 110 Å². The number of hydrogen-bond acceptors (Lipinski definition) is 7. The molecular weight excluding hydrogens is 625 g/mol. The van der Waals surface area contributed by atoms with Crippen molar-refractivity contribution in [3.63, 3.8) is 0 Å². The summed E-state index contributed by atoms with van der Waals surface area (Å²) in [5.74, 6) is 2.25. The number of carbonyl (C=O) groups excluding carboxylic acids is 3. The molecule has 3 aliphatic carbocycles. The molecule has 48 heavy (non-hydrogen) atoms. The van der Waals surface area contributed by atoms with Gasteiger partial charge in [0, 0.05) is 43.4 Å². The number of aromatic nitrogens is 1. The number of benzene rings is 2. The first-order valence-corrected chi connectivity index (χ1v) is 18.3. The third-order valence-corrected chi connectivity index (χ3v) is 11.5. The lowest BCUT2D eigenvalue weighted by molar-refractivity contribution is -0.125. The fraction of sp³-hybridized carbons (Fsp3) is 0.526. The molecule has 0 atom stereocenters. The SMILES string of the molecule is CNC(=O)OCC(=O)NC1CCC(C(=O)N(CC2CCC(c3ccc(OC)c(C)c3)CC2)c2cccc(-c3cnc(C4CC4)s3)c2)CC1. The number of alkyl carbamates (subject to hydrolysis) is 1. The van der Waals surface area contributed by atoms with Crippen LogP contribution < -0.4 is 20.3 Å². The Morgan fingerprint density at radius 1 is 0.938 bits per heavy atom. The molecule has 10 heteroatoms. The van der Waals surface area contributed by atoms with Gasteiger partial charge in [-0.05, 0) is 118 Å². The van der Waals surface area contributed by atoms with E-state index in [1.165, 1.54) is 36.0 Å². The Hall–Kier alpha value is -3.92. The number of rotatable bonds is 11. The molecule has 256 valence electrons. The summed E-state index contributed by atoms with van der Waals surface area (Å²) >= 11 is 1.77. The zero-order valence-electron chi connectivity index (χ0n) is 28.3. The largest absolute Gasteiger partial charge is 0.496 e. The van der Waals surface area contributed by atoms with E-state index in [1.807, 2.05) is 6.20 Å². The number of nitrogens with one attached hydrogen (secondary N) is 2. The highest BCUT2D eigenvalue weighted by Gasteiger charge is 2.33. The predicted molar refractivity (Wildman–Crippen MR) is 189 cm³/mol. The minimum Gasteiger partial charge on any atom is -0.496 e. The highest BCUT2D eigenvalue weighted by Crippen LogP contribution is 2.44. The molecule has 2 N–H and O–H groups in total. The van der Waals surface area contributed by atoms with E-state index in [2.05, 4.69) is 64.9 Å². The average molecular weight is 673 g/mol. The number of thiazole rings is 1. The molecule has 1 heterocycles. The van der Waals surface area contributed by atoms with Crippen molar-refractivity contribution in [2.75, 3.05) is 32.2 Å². The Balaban J connectivity index is 1.13. The van der Waals surface area contributed by atoms with Crippen LogP contribution in [-0.2, 0) is 14.3 Å². The van der Waals surface area contributed by atoms with Crippen molar-refractivity contribution in [1.82, 2.24) is 15.6 Å². The summed E-state index contributed by atoms with van der Waals surface area (Å²) in [7, 11) is 3.17. The Morgan fingerprint density at radius 2 is 1.69 bits per heavy atom. The van der Waals surface area contributed by atoms with Crippen LogP contribution in [-0.4, -0.2) is 56.2 Å². The van der Waals surface area contributed by atoms with Gasteiger partial charge in [0.15, 0.2) is 6.61 Å². The maximum atomic E-state index is 14.4. The van der Waals surface area contributed by atoms with Crippen LogP contribution in [0, 0.1) is 18.8 Å². The maximum absolute atomic E-state index is 14.4. The van der Waals surface area contributed by atoms with Gasteiger partial charge in [0.2, 0.25) is 5.91 Å². The number of aryl methyl sites for hydroxylation is 1. The van der Waals surface area contributed by atoms with Gasteiger partial charge in [-0.2, -0.15) is 0 Å². The number of amides is 3. The third kappa shape index (κ3) is 8.38. The van der Waals surface area contributed by atoms with Crippen LogP contribution >= 0.6 is 11.3 Å². The highest BCUT2D eigenvalue weighted by molar-refractivity contribution is 7.15. The second kappa shape index (κ2) is 15.5. The molecule has 0 saturated heterocycles. The summed E-state index contributed by atoms with van der Waals surface area (Å²) < 4.78 is 10.4. The molecule has 0 aliphatic heterocycles. The van der Waals surface area contributed by atoms with Gasteiger partial charge < -0.3 is 25.0 Å². The van der Waals surface area contributed by atoms with Gasteiger partial charge in [0.1, 0.15) is 5.75 Å². The number of methoxy groups -OCH3 is 1. The molecule has 0 spiro atoms. The number of carbonyl (C=O) groups is 3. The number of nitrogens with zero attached hydrogens (tertiary/aromatic N) is 2. The van der Waals surface area contributed by atoms with Crippen LogP contribution in [0.4, 0.5) is 10.5 Å². The quantitative estimate of drug-likeness (QED) is 0.221. The molecule has 0 radical (unpaired) electrons. The number of anilines is 1. The van der Waals surface area contributed by atoms with Crippen molar-refractivity contribution < 1.29 is 23.9 Å². The summed E-state index contributed by atoms with van der Waals surface area (Å²) in [5.41, 5.74) is 4.62.